The normalized spacial score (nSPS) is 15.5. The van der Waals surface area contributed by atoms with E-state index in [1.165, 1.54) is 4.31 Å². The molecule has 3 rings (SSSR count). The van der Waals surface area contributed by atoms with Gasteiger partial charge in [-0.05, 0) is 19.1 Å². The van der Waals surface area contributed by atoms with Gasteiger partial charge in [0.25, 0.3) is 0 Å². The van der Waals surface area contributed by atoms with Crippen molar-refractivity contribution < 1.29 is 22.5 Å². The molecule has 0 saturated carbocycles. The molecule has 2 amide bonds. The van der Waals surface area contributed by atoms with Crippen molar-refractivity contribution in [2.45, 2.75) is 19.4 Å². The highest BCUT2D eigenvalue weighted by atomic mass is 32.2. The van der Waals surface area contributed by atoms with Gasteiger partial charge in [0.15, 0.2) is 0 Å². The first-order chi connectivity index (χ1) is 15.8. The molecule has 1 unspecified atom stereocenters. The summed E-state index contributed by atoms with van der Waals surface area (Å²) in [6.45, 7) is 2.71. The quantitative estimate of drug-likeness (QED) is 0.442. The zero-order chi connectivity index (χ0) is 23.8. The maximum Gasteiger partial charge on any atom is 0.244 e. The topological polar surface area (TPSA) is 162 Å². The minimum atomic E-state index is -3.88. The smallest absolute Gasteiger partial charge is 0.244 e. The maximum absolute atomic E-state index is 13.0. The van der Waals surface area contributed by atoms with Crippen LogP contribution in [0.3, 0.4) is 0 Å². The Morgan fingerprint density at radius 2 is 2.03 bits per heavy atom. The number of aryl methyl sites for hydroxylation is 1. The molecule has 12 nitrogen and oxygen atoms in total. The van der Waals surface area contributed by atoms with Crippen LogP contribution >= 0.6 is 0 Å². The van der Waals surface area contributed by atoms with E-state index >= 15 is 0 Å². The van der Waals surface area contributed by atoms with Crippen LogP contribution in [0.4, 0.5) is 5.82 Å². The lowest BCUT2D eigenvalue weighted by molar-refractivity contribution is -0.128. The number of hydrogen-bond donors (Lipinski definition) is 2. The Hall–Kier alpha value is -3.50. The van der Waals surface area contributed by atoms with Crippen LogP contribution in [0.15, 0.2) is 35.0 Å². The van der Waals surface area contributed by atoms with Crippen LogP contribution in [0, 0.1) is 18.3 Å². The molecule has 0 aromatic carbocycles. The van der Waals surface area contributed by atoms with Gasteiger partial charge in [-0.1, -0.05) is 11.2 Å². The van der Waals surface area contributed by atoms with Crippen LogP contribution in [-0.4, -0.2) is 79.2 Å². The number of carbonyl (C=O) groups is 2. The molecule has 33 heavy (non-hydrogen) atoms. The second-order valence-corrected chi connectivity index (χ2v) is 9.47. The van der Waals surface area contributed by atoms with Gasteiger partial charge in [-0.3, -0.25) is 9.59 Å². The number of aromatic nitrogens is 2. The van der Waals surface area contributed by atoms with Gasteiger partial charge in [0.1, 0.15) is 24.2 Å². The van der Waals surface area contributed by atoms with Crippen LogP contribution in [0.5, 0.6) is 0 Å². The lowest BCUT2D eigenvalue weighted by Gasteiger charge is -2.35. The maximum atomic E-state index is 13.0. The molecule has 0 radical (unpaired) electrons. The van der Waals surface area contributed by atoms with E-state index in [0.29, 0.717) is 18.8 Å². The van der Waals surface area contributed by atoms with E-state index in [1.807, 2.05) is 17.0 Å². The number of anilines is 1. The van der Waals surface area contributed by atoms with E-state index in [-0.39, 0.29) is 31.8 Å². The summed E-state index contributed by atoms with van der Waals surface area (Å²) >= 11 is 0. The molecule has 2 aromatic heterocycles. The van der Waals surface area contributed by atoms with Gasteiger partial charge < -0.3 is 20.1 Å². The summed E-state index contributed by atoms with van der Waals surface area (Å²) in [4.78, 5) is 31.1. The second kappa shape index (κ2) is 10.9. The first-order valence-electron chi connectivity index (χ1n) is 10.3. The largest absolute Gasteiger partial charge is 0.361 e. The fourth-order valence-corrected chi connectivity index (χ4v) is 4.97. The van der Waals surface area contributed by atoms with Crippen LogP contribution in [-0.2, 0) is 26.0 Å². The summed E-state index contributed by atoms with van der Waals surface area (Å²) in [5, 5.41) is 17.2. The Bertz CT molecular complexity index is 1110. The molecule has 3 heterocycles. The Balaban J connectivity index is 1.64. The summed E-state index contributed by atoms with van der Waals surface area (Å²) in [6, 6.07) is 7.48. The van der Waals surface area contributed by atoms with E-state index in [0.717, 1.165) is 5.82 Å². The van der Waals surface area contributed by atoms with Gasteiger partial charge >= 0.3 is 0 Å². The van der Waals surface area contributed by atoms with Gasteiger partial charge in [0.05, 0.1) is 23.9 Å². The molecule has 1 fully saturated rings. The Labute approximate surface area is 191 Å². The van der Waals surface area contributed by atoms with Crippen LogP contribution in [0.1, 0.15) is 11.5 Å². The number of sulfonamides is 1. The SMILES string of the molecule is Cc1cc(CC(=O)NC(CS(=O)(=O)N2CCN(c3ccccn3)CC2)C(=O)NCC#N)on1. The molecule has 0 bridgehead atoms. The number of piperazine rings is 1. The number of amides is 2. The zero-order valence-corrected chi connectivity index (χ0v) is 18.9. The van der Waals surface area contributed by atoms with E-state index in [9.17, 15) is 18.0 Å². The third-order valence-corrected chi connectivity index (χ3v) is 6.89. The Morgan fingerprint density at radius 3 is 2.64 bits per heavy atom. The van der Waals surface area contributed by atoms with E-state index in [2.05, 4.69) is 20.8 Å². The summed E-state index contributed by atoms with van der Waals surface area (Å²) in [5.74, 6) is -0.935. The number of pyridine rings is 1. The van der Waals surface area contributed by atoms with Crippen molar-refractivity contribution >= 4 is 27.7 Å². The van der Waals surface area contributed by atoms with Gasteiger partial charge in [-0.2, -0.15) is 9.57 Å². The van der Waals surface area contributed by atoms with E-state index in [1.54, 1.807) is 31.3 Å². The molecule has 1 saturated heterocycles. The number of nitriles is 1. The lowest BCUT2D eigenvalue weighted by Crippen LogP contribution is -2.55. The van der Waals surface area contributed by atoms with Gasteiger partial charge in [0.2, 0.25) is 21.8 Å². The van der Waals surface area contributed by atoms with Crippen molar-refractivity contribution in [2.24, 2.45) is 0 Å². The minimum absolute atomic E-state index is 0.203. The molecule has 0 aliphatic carbocycles. The van der Waals surface area contributed by atoms with Crippen LogP contribution < -0.4 is 15.5 Å². The standard InChI is InChI=1S/C20H25N7O5S/c1-15-12-16(32-25-15)13-19(28)24-17(20(29)23-7-5-21)14-33(30,31)27-10-8-26(9-11-27)18-4-2-3-6-22-18/h2-4,6,12,17H,7-11,13-14H2,1H3,(H,23,29)(H,24,28). The fourth-order valence-electron chi connectivity index (χ4n) is 3.39. The predicted octanol–water partition coefficient (Wildman–Crippen LogP) is -0.803. The lowest BCUT2D eigenvalue weighted by atomic mass is 10.2. The van der Waals surface area contributed by atoms with Crippen molar-refractivity contribution in [3.05, 3.63) is 41.9 Å². The summed E-state index contributed by atoms with van der Waals surface area (Å²) < 4.78 is 32.3. The van der Waals surface area contributed by atoms with Gasteiger partial charge in [0, 0.05) is 38.4 Å². The summed E-state index contributed by atoms with van der Waals surface area (Å²) in [7, 11) is -3.88. The first-order valence-corrected chi connectivity index (χ1v) is 11.9. The third-order valence-electron chi connectivity index (χ3n) is 4.99. The number of nitrogens with one attached hydrogen (secondary N) is 2. The monoisotopic (exact) mass is 475 g/mol. The molecule has 1 aliphatic rings. The first kappa shape index (κ1) is 24.1. The highest BCUT2D eigenvalue weighted by Crippen LogP contribution is 2.15. The third kappa shape index (κ3) is 6.74. The highest BCUT2D eigenvalue weighted by Gasteiger charge is 2.33. The van der Waals surface area contributed by atoms with Crippen LogP contribution in [0.2, 0.25) is 0 Å². The van der Waals surface area contributed by atoms with E-state index < -0.39 is 33.6 Å². The molecule has 1 atom stereocenters. The minimum Gasteiger partial charge on any atom is -0.361 e. The van der Waals surface area contributed by atoms with Crippen LogP contribution in [0.25, 0.3) is 0 Å². The molecular formula is C20H25N7O5S. The number of carbonyl (C=O) groups excluding carboxylic acids is 2. The van der Waals surface area contributed by atoms with Gasteiger partial charge in [-0.15, -0.1) is 0 Å². The molecule has 2 N–H and O–H groups in total. The average Bonchev–Trinajstić information content (AvgIpc) is 3.21. The second-order valence-electron chi connectivity index (χ2n) is 7.46. The molecule has 0 spiro atoms. The molecule has 176 valence electrons. The predicted molar refractivity (Wildman–Crippen MR) is 117 cm³/mol. The van der Waals surface area contributed by atoms with Crippen molar-refractivity contribution in [3.63, 3.8) is 0 Å². The average molecular weight is 476 g/mol. The van der Waals surface area contributed by atoms with Gasteiger partial charge in [-0.25, -0.2) is 13.4 Å². The fraction of sp³-hybridized carbons (Fsp3) is 0.450. The number of rotatable bonds is 9. The van der Waals surface area contributed by atoms with E-state index in [4.69, 9.17) is 9.78 Å². The number of nitrogens with zero attached hydrogens (tertiary/aromatic N) is 5. The molecule has 1 aliphatic heterocycles. The molecular weight excluding hydrogens is 450 g/mol. The highest BCUT2D eigenvalue weighted by molar-refractivity contribution is 7.89. The van der Waals surface area contributed by atoms with Crippen molar-refractivity contribution in [3.8, 4) is 6.07 Å². The molecule has 13 heteroatoms. The van der Waals surface area contributed by atoms with Crippen molar-refractivity contribution in [2.75, 3.05) is 43.4 Å². The summed E-state index contributed by atoms with van der Waals surface area (Å²) in [5.41, 5.74) is 0.591. The Kier molecular flexibility index (Phi) is 7.96. The number of hydrogen-bond acceptors (Lipinski definition) is 9. The molecule has 2 aromatic rings. The van der Waals surface area contributed by atoms with Crippen molar-refractivity contribution in [1.29, 1.82) is 5.26 Å². The van der Waals surface area contributed by atoms with Crippen molar-refractivity contribution in [1.82, 2.24) is 25.1 Å². The zero-order valence-electron chi connectivity index (χ0n) is 18.1. The summed E-state index contributed by atoms with van der Waals surface area (Å²) in [6.07, 6.45) is 1.47. The Morgan fingerprint density at radius 1 is 1.27 bits per heavy atom.